The van der Waals surface area contributed by atoms with E-state index in [-0.39, 0.29) is 18.7 Å². The van der Waals surface area contributed by atoms with Gasteiger partial charge in [0.05, 0.1) is 32.0 Å². The summed E-state index contributed by atoms with van der Waals surface area (Å²) in [5, 5.41) is 0.439. The van der Waals surface area contributed by atoms with Crippen molar-refractivity contribution >= 4 is 27.5 Å². The summed E-state index contributed by atoms with van der Waals surface area (Å²) in [5.41, 5.74) is 0.380. The summed E-state index contributed by atoms with van der Waals surface area (Å²) in [4.78, 5) is 29.5. The molecule has 0 atom stereocenters. The molecule has 2 heterocycles. The van der Waals surface area contributed by atoms with Crippen molar-refractivity contribution in [2.24, 2.45) is 0 Å². The van der Waals surface area contributed by atoms with E-state index >= 15 is 0 Å². The van der Waals surface area contributed by atoms with Gasteiger partial charge < -0.3 is 9.47 Å². The topological polar surface area (TPSA) is 70.4 Å². The van der Waals surface area contributed by atoms with Crippen molar-refractivity contribution in [2.45, 2.75) is 20.4 Å². The van der Waals surface area contributed by atoms with Crippen LogP contribution in [0, 0.1) is 6.92 Å². The summed E-state index contributed by atoms with van der Waals surface area (Å²) < 4.78 is 11.4. The van der Waals surface area contributed by atoms with Crippen molar-refractivity contribution in [2.75, 3.05) is 13.7 Å². The van der Waals surface area contributed by atoms with Crippen molar-refractivity contribution in [1.29, 1.82) is 0 Å². The number of allylic oxidation sites excluding steroid dienone is 1. The Hall–Kier alpha value is -2.15. The molecule has 0 aliphatic carbocycles. The summed E-state index contributed by atoms with van der Waals surface area (Å²) in [5.74, 6) is 0.0296. The van der Waals surface area contributed by atoms with Gasteiger partial charge in [-0.1, -0.05) is 6.58 Å². The number of rotatable bonds is 5. The summed E-state index contributed by atoms with van der Waals surface area (Å²) in [6, 6.07) is 0. The molecule has 0 radical (unpaired) electrons. The van der Waals surface area contributed by atoms with Crippen LogP contribution in [0.3, 0.4) is 0 Å². The first-order valence-electron chi connectivity index (χ1n) is 6.37. The molecule has 7 heteroatoms. The second kappa shape index (κ2) is 6.09. The fourth-order valence-electron chi connectivity index (χ4n) is 1.92. The summed E-state index contributed by atoms with van der Waals surface area (Å²) in [6.45, 7) is 7.67. The number of ether oxygens (including phenoxy) is 2. The maximum absolute atomic E-state index is 12.5. The molecule has 21 heavy (non-hydrogen) atoms. The molecule has 2 aromatic heterocycles. The minimum Gasteiger partial charge on any atom is -0.500 e. The van der Waals surface area contributed by atoms with Gasteiger partial charge in [-0.25, -0.2) is 9.78 Å². The van der Waals surface area contributed by atoms with E-state index in [0.717, 1.165) is 0 Å². The van der Waals surface area contributed by atoms with E-state index in [4.69, 9.17) is 9.47 Å². The molecule has 0 fully saturated rings. The van der Waals surface area contributed by atoms with Crippen LogP contribution in [0.4, 0.5) is 0 Å². The third-order valence-electron chi connectivity index (χ3n) is 3.01. The highest BCUT2D eigenvalue weighted by molar-refractivity contribution is 7.20. The van der Waals surface area contributed by atoms with Gasteiger partial charge in [0.2, 0.25) is 0 Å². The van der Waals surface area contributed by atoms with Crippen LogP contribution in [0.2, 0.25) is 0 Å². The van der Waals surface area contributed by atoms with Crippen molar-refractivity contribution < 1.29 is 14.3 Å². The van der Waals surface area contributed by atoms with Gasteiger partial charge in [-0.2, -0.15) is 0 Å². The smallest absolute Gasteiger partial charge is 0.348 e. The van der Waals surface area contributed by atoms with Gasteiger partial charge in [-0.3, -0.25) is 9.36 Å². The molecule has 2 rings (SSSR count). The molecule has 0 amide bonds. The van der Waals surface area contributed by atoms with Crippen molar-refractivity contribution in [1.82, 2.24) is 9.55 Å². The molecule has 0 saturated heterocycles. The Bertz CT molecular complexity index is 760. The number of esters is 1. The molecular weight excluding hydrogens is 292 g/mol. The number of methoxy groups -OCH3 is 1. The molecule has 0 aliphatic heterocycles. The van der Waals surface area contributed by atoms with Crippen LogP contribution in [0.25, 0.3) is 10.2 Å². The predicted molar refractivity (Wildman–Crippen MR) is 80.7 cm³/mol. The lowest BCUT2D eigenvalue weighted by molar-refractivity contribution is 0.0531. The van der Waals surface area contributed by atoms with Crippen LogP contribution < -0.4 is 5.56 Å². The molecule has 0 bridgehead atoms. The Morgan fingerprint density at radius 2 is 2.24 bits per heavy atom. The largest absolute Gasteiger partial charge is 0.500 e. The SMILES string of the molecule is C=C(Cn1cnc2sc(C(=O)OCC)c(C)c2c1=O)OC. The number of aromatic nitrogens is 2. The molecule has 0 spiro atoms. The summed E-state index contributed by atoms with van der Waals surface area (Å²) in [7, 11) is 1.49. The quantitative estimate of drug-likeness (QED) is 0.625. The van der Waals surface area contributed by atoms with Crippen molar-refractivity contribution in [3.8, 4) is 0 Å². The molecule has 112 valence electrons. The van der Waals surface area contributed by atoms with Crippen molar-refractivity contribution in [3.05, 3.63) is 39.5 Å². The minimum atomic E-state index is -0.426. The number of carbonyl (C=O) groups excluding carboxylic acids is 1. The average molecular weight is 308 g/mol. The van der Waals surface area contributed by atoms with Gasteiger partial charge in [0.15, 0.2) is 0 Å². The highest BCUT2D eigenvalue weighted by Gasteiger charge is 2.20. The lowest BCUT2D eigenvalue weighted by Crippen LogP contribution is -2.21. The third-order valence-corrected chi connectivity index (χ3v) is 4.19. The van der Waals surface area contributed by atoms with E-state index in [1.807, 2.05) is 0 Å². The van der Waals surface area contributed by atoms with Gasteiger partial charge >= 0.3 is 5.97 Å². The van der Waals surface area contributed by atoms with Gasteiger partial charge in [0.1, 0.15) is 15.5 Å². The Balaban J connectivity index is 2.55. The summed E-state index contributed by atoms with van der Waals surface area (Å²) in [6.07, 6.45) is 1.43. The molecule has 0 unspecified atom stereocenters. The number of carbonyl (C=O) groups is 1. The Labute approximate surface area is 125 Å². The van der Waals surface area contributed by atoms with Gasteiger partial charge in [-0.05, 0) is 19.4 Å². The van der Waals surface area contributed by atoms with Gasteiger partial charge in [0.25, 0.3) is 5.56 Å². The first-order chi connectivity index (χ1) is 9.99. The molecule has 2 aromatic rings. The number of hydrogen-bond acceptors (Lipinski definition) is 6. The highest BCUT2D eigenvalue weighted by Crippen LogP contribution is 2.27. The van der Waals surface area contributed by atoms with E-state index in [9.17, 15) is 9.59 Å². The monoisotopic (exact) mass is 308 g/mol. The maximum atomic E-state index is 12.5. The van der Waals surface area contributed by atoms with E-state index in [1.165, 1.54) is 29.3 Å². The lowest BCUT2D eigenvalue weighted by Gasteiger charge is -2.06. The third kappa shape index (κ3) is 2.82. The van der Waals surface area contributed by atoms with Crippen LogP contribution in [-0.2, 0) is 16.0 Å². The Kier molecular flexibility index (Phi) is 4.42. The van der Waals surface area contributed by atoms with Crippen molar-refractivity contribution in [3.63, 3.8) is 0 Å². The average Bonchev–Trinajstić information content (AvgIpc) is 2.80. The number of thiophene rings is 1. The van der Waals surface area contributed by atoms with E-state index in [2.05, 4.69) is 11.6 Å². The van der Waals surface area contributed by atoms with Gasteiger partial charge in [0, 0.05) is 0 Å². The fourth-order valence-corrected chi connectivity index (χ4v) is 2.95. The Morgan fingerprint density at radius 1 is 1.52 bits per heavy atom. The normalized spacial score (nSPS) is 10.6. The zero-order valence-corrected chi connectivity index (χ0v) is 13.0. The second-order valence-electron chi connectivity index (χ2n) is 4.38. The fraction of sp³-hybridized carbons (Fsp3) is 0.357. The predicted octanol–water partition coefficient (Wildman–Crippen LogP) is 2.10. The first-order valence-corrected chi connectivity index (χ1v) is 7.18. The van der Waals surface area contributed by atoms with Crippen LogP contribution in [0.1, 0.15) is 22.2 Å². The first kappa shape index (κ1) is 15.2. The van der Waals surface area contributed by atoms with Crippen LogP contribution in [0.5, 0.6) is 0 Å². The highest BCUT2D eigenvalue weighted by atomic mass is 32.1. The number of aryl methyl sites for hydroxylation is 1. The standard InChI is InChI=1S/C14H16N2O4S/c1-5-20-14(18)11-9(3)10-12(21-11)15-7-16(13(10)17)6-8(2)19-4/h7H,2,5-6H2,1,3-4H3. The zero-order chi connectivity index (χ0) is 15.6. The van der Waals surface area contributed by atoms with Crippen LogP contribution >= 0.6 is 11.3 Å². The summed E-state index contributed by atoms with van der Waals surface area (Å²) >= 11 is 1.17. The molecule has 0 saturated carbocycles. The lowest BCUT2D eigenvalue weighted by atomic mass is 10.2. The second-order valence-corrected chi connectivity index (χ2v) is 5.38. The van der Waals surface area contributed by atoms with Gasteiger partial charge in [-0.15, -0.1) is 11.3 Å². The number of hydrogen-bond donors (Lipinski definition) is 0. The number of fused-ring (bicyclic) bond motifs is 1. The molecule has 0 aliphatic rings. The maximum Gasteiger partial charge on any atom is 0.348 e. The van der Waals surface area contributed by atoms with Crippen LogP contribution in [-0.4, -0.2) is 29.2 Å². The zero-order valence-electron chi connectivity index (χ0n) is 12.1. The molecule has 0 aromatic carbocycles. The Morgan fingerprint density at radius 3 is 2.86 bits per heavy atom. The van der Waals surface area contributed by atoms with E-state index in [1.54, 1.807) is 13.8 Å². The number of nitrogens with zero attached hydrogens (tertiary/aromatic N) is 2. The van der Waals surface area contributed by atoms with E-state index < -0.39 is 5.97 Å². The molecule has 0 N–H and O–H groups in total. The minimum absolute atomic E-state index is 0.220. The van der Waals surface area contributed by atoms with E-state index in [0.29, 0.717) is 26.4 Å². The van der Waals surface area contributed by atoms with Crippen LogP contribution in [0.15, 0.2) is 23.5 Å². The molecular formula is C14H16N2O4S. The molecule has 6 nitrogen and oxygen atoms in total.